The molecule has 2 aliphatic heterocycles. The van der Waals surface area contributed by atoms with Gasteiger partial charge in [0.25, 0.3) is 0 Å². The van der Waals surface area contributed by atoms with E-state index >= 15 is 0 Å². The van der Waals surface area contributed by atoms with E-state index in [-0.39, 0.29) is 11.9 Å². The first-order valence-corrected chi connectivity index (χ1v) is 6.61. The zero-order chi connectivity index (χ0) is 14.3. The number of amides is 1. The van der Waals surface area contributed by atoms with Gasteiger partial charge in [-0.05, 0) is 27.2 Å². The van der Waals surface area contributed by atoms with Crippen LogP contribution in [0.3, 0.4) is 0 Å². The Morgan fingerprint density at radius 3 is 2.63 bits per heavy atom. The molecule has 0 aromatic heterocycles. The first-order chi connectivity index (χ1) is 8.81. The standard InChI is InChI=1S/C13H22N2O4/c1-12(2,3)19-11(17)15-6-5-9-7-14-8-13(9,15)10(16)18-4/h9,14H,5-8H2,1-4H3/t9-,13+/m1/s1. The number of rotatable bonds is 1. The molecule has 0 aromatic rings. The highest BCUT2D eigenvalue weighted by Gasteiger charge is 2.60. The van der Waals surface area contributed by atoms with Crippen LogP contribution in [0, 0.1) is 5.92 Å². The van der Waals surface area contributed by atoms with Crippen molar-refractivity contribution in [2.45, 2.75) is 38.3 Å². The van der Waals surface area contributed by atoms with Crippen LogP contribution in [0.2, 0.25) is 0 Å². The minimum atomic E-state index is -0.892. The van der Waals surface area contributed by atoms with E-state index in [1.165, 1.54) is 12.0 Å². The van der Waals surface area contributed by atoms with Gasteiger partial charge < -0.3 is 14.8 Å². The molecule has 1 amide bonds. The molecular formula is C13H22N2O4. The molecule has 2 atom stereocenters. The zero-order valence-corrected chi connectivity index (χ0v) is 12.0. The lowest BCUT2D eigenvalue weighted by Crippen LogP contribution is -2.58. The Morgan fingerprint density at radius 1 is 1.37 bits per heavy atom. The fourth-order valence-electron chi connectivity index (χ4n) is 2.99. The Balaban J connectivity index is 2.25. The number of esters is 1. The van der Waals surface area contributed by atoms with E-state index in [0.29, 0.717) is 13.1 Å². The summed E-state index contributed by atoms with van der Waals surface area (Å²) in [6, 6.07) is 0. The highest BCUT2D eigenvalue weighted by Crippen LogP contribution is 2.39. The van der Waals surface area contributed by atoms with Crippen molar-refractivity contribution in [2.24, 2.45) is 5.92 Å². The topological polar surface area (TPSA) is 67.9 Å². The normalized spacial score (nSPS) is 30.1. The number of hydrogen-bond acceptors (Lipinski definition) is 5. The largest absolute Gasteiger partial charge is 0.467 e. The van der Waals surface area contributed by atoms with Crippen molar-refractivity contribution in [1.29, 1.82) is 0 Å². The monoisotopic (exact) mass is 270 g/mol. The van der Waals surface area contributed by atoms with Crippen LogP contribution < -0.4 is 5.32 Å². The van der Waals surface area contributed by atoms with Crippen LogP contribution in [0.25, 0.3) is 0 Å². The van der Waals surface area contributed by atoms with Gasteiger partial charge in [0.1, 0.15) is 5.60 Å². The Labute approximate surface area is 113 Å². The summed E-state index contributed by atoms with van der Waals surface area (Å²) in [5.74, 6) is -0.252. The van der Waals surface area contributed by atoms with Crippen LogP contribution in [0.15, 0.2) is 0 Å². The Morgan fingerprint density at radius 2 is 2.05 bits per heavy atom. The summed E-state index contributed by atoms with van der Waals surface area (Å²) in [5, 5.41) is 3.18. The molecule has 0 aromatic carbocycles. The van der Waals surface area contributed by atoms with Crippen LogP contribution in [0.4, 0.5) is 4.79 Å². The van der Waals surface area contributed by atoms with E-state index in [1.54, 1.807) is 0 Å². The number of hydrogen-bond donors (Lipinski definition) is 1. The van der Waals surface area contributed by atoms with Crippen LogP contribution in [-0.4, -0.2) is 54.8 Å². The summed E-state index contributed by atoms with van der Waals surface area (Å²) < 4.78 is 10.3. The van der Waals surface area contributed by atoms with Crippen molar-refractivity contribution in [2.75, 3.05) is 26.7 Å². The maximum atomic E-state index is 12.3. The molecule has 2 aliphatic rings. The molecule has 0 unspecified atom stereocenters. The molecule has 0 saturated carbocycles. The number of nitrogens with one attached hydrogen (secondary N) is 1. The van der Waals surface area contributed by atoms with E-state index in [0.717, 1.165) is 13.0 Å². The van der Waals surface area contributed by atoms with Crippen molar-refractivity contribution in [3.63, 3.8) is 0 Å². The number of carbonyl (C=O) groups excluding carboxylic acids is 2. The highest BCUT2D eigenvalue weighted by atomic mass is 16.6. The summed E-state index contributed by atoms with van der Waals surface area (Å²) in [7, 11) is 1.36. The first-order valence-electron chi connectivity index (χ1n) is 6.61. The Bertz CT molecular complexity index is 391. The molecule has 6 nitrogen and oxygen atoms in total. The second-order valence-corrected chi connectivity index (χ2v) is 6.16. The van der Waals surface area contributed by atoms with Gasteiger partial charge in [-0.3, -0.25) is 4.90 Å². The zero-order valence-electron chi connectivity index (χ0n) is 12.0. The van der Waals surface area contributed by atoms with Gasteiger partial charge in [0.2, 0.25) is 0 Å². The summed E-state index contributed by atoms with van der Waals surface area (Å²) >= 11 is 0. The molecule has 108 valence electrons. The van der Waals surface area contributed by atoms with Crippen molar-refractivity contribution < 1.29 is 19.1 Å². The fraction of sp³-hybridized carbons (Fsp3) is 0.846. The van der Waals surface area contributed by atoms with E-state index in [2.05, 4.69) is 5.32 Å². The molecule has 0 radical (unpaired) electrons. The molecule has 2 saturated heterocycles. The summed E-state index contributed by atoms with van der Waals surface area (Å²) in [6.45, 7) is 7.15. The number of methoxy groups -OCH3 is 1. The second-order valence-electron chi connectivity index (χ2n) is 6.16. The van der Waals surface area contributed by atoms with Crippen molar-refractivity contribution >= 4 is 12.1 Å². The van der Waals surface area contributed by atoms with Gasteiger partial charge in [-0.2, -0.15) is 0 Å². The smallest absolute Gasteiger partial charge is 0.411 e. The van der Waals surface area contributed by atoms with Crippen molar-refractivity contribution in [3.8, 4) is 0 Å². The van der Waals surface area contributed by atoms with Gasteiger partial charge in [-0.25, -0.2) is 9.59 Å². The van der Waals surface area contributed by atoms with Crippen LogP contribution >= 0.6 is 0 Å². The maximum Gasteiger partial charge on any atom is 0.411 e. The number of carbonyl (C=O) groups is 2. The Kier molecular flexibility index (Phi) is 3.47. The van der Waals surface area contributed by atoms with Gasteiger partial charge in [-0.15, -0.1) is 0 Å². The van der Waals surface area contributed by atoms with Gasteiger partial charge in [0.15, 0.2) is 5.54 Å². The van der Waals surface area contributed by atoms with Gasteiger partial charge in [0, 0.05) is 25.6 Å². The third-order valence-electron chi connectivity index (χ3n) is 3.80. The lowest BCUT2D eigenvalue weighted by Gasteiger charge is -2.36. The minimum absolute atomic E-state index is 0.104. The lowest BCUT2D eigenvalue weighted by molar-refractivity contribution is -0.153. The van der Waals surface area contributed by atoms with E-state index in [9.17, 15) is 9.59 Å². The van der Waals surface area contributed by atoms with Crippen LogP contribution in [0.5, 0.6) is 0 Å². The van der Waals surface area contributed by atoms with Gasteiger partial charge in [0.05, 0.1) is 7.11 Å². The summed E-state index contributed by atoms with van der Waals surface area (Å²) in [5.41, 5.74) is -1.46. The van der Waals surface area contributed by atoms with Crippen LogP contribution in [0.1, 0.15) is 27.2 Å². The summed E-state index contributed by atoms with van der Waals surface area (Å²) in [6.07, 6.45) is 0.352. The predicted octanol–water partition coefficient (Wildman–Crippen LogP) is 0.758. The molecular weight excluding hydrogens is 248 g/mol. The van der Waals surface area contributed by atoms with Crippen molar-refractivity contribution in [1.82, 2.24) is 10.2 Å². The molecule has 1 N–H and O–H groups in total. The number of ether oxygens (including phenoxy) is 2. The predicted molar refractivity (Wildman–Crippen MR) is 68.7 cm³/mol. The highest BCUT2D eigenvalue weighted by molar-refractivity contribution is 5.88. The average Bonchev–Trinajstić information content (AvgIpc) is 2.83. The van der Waals surface area contributed by atoms with Gasteiger partial charge in [-0.1, -0.05) is 0 Å². The first kappa shape index (κ1) is 14.1. The third-order valence-corrected chi connectivity index (χ3v) is 3.80. The number of nitrogens with zero attached hydrogens (tertiary/aromatic N) is 1. The SMILES string of the molecule is COC(=O)[C@]12CNC[C@H]1CCN2C(=O)OC(C)(C)C. The minimum Gasteiger partial charge on any atom is -0.467 e. The molecule has 19 heavy (non-hydrogen) atoms. The molecule has 2 fully saturated rings. The van der Waals surface area contributed by atoms with Crippen molar-refractivity contribution in [3.05, 3.63) is 0 Å². The Hall–Kier alpha value is -1.30. The van der Waals surface area contributed by atoms with Gasteiger partial charge >= 0.3 is 12.1 Å². The lowest BCUT2D eigenvalue weighted by atomic mass is 9.88. The molecule has 2 rings (SSSR count). The quantitative estimate of drug-likeness (QED) is 0.712. The summed E-state index contributed by atoms with van der Waals surface area (Å²) in [4.78, 5) is 26.0. The van der Waals surface area contributed by atoms with E-state index in [4.69, 9.17) is 9.47 Å². The molecule has 0 spiro atoms. The second kappa shape index (κ2) is 4.67. The van der Waals surface area contributed by atoms with E-state index in [1.807, 2.05) is 20.8 Å². The maximum absolute atomic E-state index is 12.3. The molecule has 0 aliphatic carbocycles. The number of likely N-dealkylation sites (tertiary alicyclic amines) is 1. The molecule has 2 heterocycles. The third kappa shape index (κ3) is 2.29. The van der Waals surface area contributed by atoms with E-state index < -0.39 is 17.2 Å². The average molecular weight is 270 g/mol. The fourth-order valence-corrected chi connectivity index (χ4v) is 2.99. The number of fused-ring (bicyclic) bond motifs is 1. The molecule has 6 heteroatoms. The molecule has 0 bridgehead atoms. The van der Waals surface area contributed by atoms with Crippen LogP contribution in [-0.2, 0) is 14.3 Å².